The van der Waals surface area contributed by atoms with E-state index in [1.807, 2.05) is 13.8 Å². The summed E-state index contributed by atoms with van der Waals surface area (Å²) in [6.07, 6.45) is -1.51. The molecule has 0 amide bonds. The lowest BCUT2D eigenvalue weighted by Gasteiger charge is -2.65. The van der Waals surface area contributed by atoms with Crippen LogP contribution in [0, 0.1) is 34.5 Å². The van der Waals surface area contributed by atoms with Crippen LogP contribution in [0.3, 0.4) is 0 Å². The lowest BCUT2D eigenvalue weighted by Crippen LogP contribution is -2.67. The van der Waals surface area contributed by atoms with Gasteiger partial charge in [0.2, 0.25) is 0 Å². The van der Waals surface area contributed by atoms with E-state index in [1.165, 1.54) is 0 Å². The van der Waals surface area contributed by atoms with Gasteiger partial charge in [0, 0.05) is 30.8 Å². The van der Waals surface area contributed by atoms with Gasteiger partial charge in [-0.25, -0.2) is 4.79 Å². The highest BCUT2D eigenvalue weighted by Crippen LogP contribution is 2.70. The summed E-state index contributed by atoms with van der Waals surface area (Å²) in [4.78, 5) is 11.9. The fraction of sp³-hybridized carbons (Fsp3) is 0.927. The third-order valence-corrected chi connectivity index (χ3v) is 16.0. The summed E-state index contributed by atoms with van der Waals surface area (Å²) in [5.74, 6) is 0.204. The molecule has 312 valence electrons. The van der Waals surface area contributed by atoms with Crippen LogP contribution in [0.2, 0.25) is 0 Å². The summed E-state index contributed by atoms with van der Waals surface area (Å²) >= 11 is 0. The Morgan fingerprint density at radius 2 is 1.29 bits per heavy atom. The first-order chi connectivity index (χ1) is 26.0. The Morgan fingerprint density at radius 1 is 0.691 bits per heavy atom. The van der Waals surface area contributed by atoms with Crippen LogP contribution in [-0.2, 0) is 38.0 Å². The van der Waals surface area contributed by atoms with E-state index in [9.17, 15) is 35.4 Å². The summed E-state index contributed by atoms with van der Waals surface area (Å²) in [5.41, 5.74) is -0.892. The Labute approximate surface area is 323 Å². The van der Waals surface area contributed by atoms with Crippen molar-refractivity contribution in [3.05, 3.63) is 11.6 Å². The molecule has 0 unspecified atom stereocenters. The van der Waals surface area contributed by atoms with Crippen molar-refractivity contribution in [2.75, 3.05) is 6.61 Å². The quantitative estimate of drug-likeness (QED) is 0.162. The maximum absolute atomic E-state index is 12.6. The lowest BCUT2D eigenvalue weighted by molar-refractivity contribution is -0.336. The molecular formula is C41H64O14. The topological polar surface area (TPSA) is 203 Å². The van der Waals surface area contributed by atoms with E-state index >= 15 is 0 Å². The van der Waals surface area contributed by atoms with Gasteiger partial charge in [-0.15, -0.1) is 0 Å². The van der Waals surface area contributed by atoms with Crippen molar-refractivity contribution in [1.82, 2.24) is 0 Å². The Kier molecular flexibility index (Phi) is 11.1. The van der Waals surface area contributed by atoms with Crippen molar-refractivity contribution in [3.63, 3.8) is 0 Å². The van der Waals surface area contributed by atoms with Gasteiger partial charge in [-0.3, -0.25) is 0 Å². The lowest BCUT2D eigenvalue weighted by atomic mass is 9.42. The third-order valence-electron chi connectivity index (χ3n) is 16.0. The first kappa shape index (κ1) is 40.5. The van der Waals surface area contributed by atoms with E-state index in [0.717, 1.165) is 44.1 Å². The van der Waals surface area contributed by atoms with Crippen LogP contribution in [0.5, 0.6) is 0 Å². The molecule has 6 N–H and O–H groups in total. The number of hydrogen-bond acceptors (Lipinski definition) is 14. The molecule has 14 nitrogen and oxygen atoms in total. The monoisotopic (exact) mass is 780 g/mol. The number of hydrogen-bond donors (Lipinski definition) is 6. The molecule has 0 radical (unpaired) electrons. The Hall–Kier alpha value is -1.27. The molecule has 7 fully saturated rings. The van der Waals surface area contributed by atoms with Gasteiger partial charge >= 0.3 is 5.97 Å². The molecule has 0 spiro atoms. The number of aliphatic hydroxyl groups is 6. The van der Waals surface area contributed by atoms with Gasteiger partial charge < -0.3 is 63.8 Å². The average molecular weight is 781 g/mol. The summed E-state index contributed by atoms with van der Waals surface area (Å²) < 4.78 is 42.1. The van der Waals surface area contributed by atoms with Crippen molar-refractivity contribution < 1.29 is 68.6 Å². The Balaban J connectivity index is 0.837. The van der Waals surface area contributed by atoms with E-state index in [1.54, 1.807) is 19.9 Å². The van der Waals surface area contributed by atoms with Crippen LogP contribution in [0.15, 0.2) is 11.6 Å². The molecule has 8 rings (SSSR count). The Bertz CT molecular complexity index is 1410. The molecule has 4 saturated carbocycles. The first-order valence-corrected chi connectivity index (χ1v) is 20.9. The molecule has 21 atom stereocenters. The van der Waals surface area contributed by atoms with Gasteiger partial charge in [0.05, 0.1) is 54.4 Å². The molecule has 4 aliphatic carbocycles. The van der Waals surface area contributed by atoms with Crippen molar-refractivity contribution >= 4 is 5.97 Å². The second-order valence-corrected chi connectivity index (χ2v) is 18.8. The van der Waals surface area contributed by atoms with Crippen molar-refractivity contribution in [3.8, 4) is 0 Å². The van der Waals surface area contributed by atoms with Gasteiger partial charge in [-0.05, 0) is 107 Å². The zero-order valence-corrected chi connectivity index (χ0v) is 32.9. The van der Waals surface area contributed by atoms with Crippen LogP contribution in [0.25, 0.3) is 0 Å². The zero-order chi connectivity index (χ0) is 39.2. The van der Waals surface area contributed by atoms with Crippen LogP contribution >= 0.6 is 0 Å². The normalized spacial score (nSPS) is 55.5. The number of ether oxygens (including phenoxy) is 7. The summed E-state index contributed by atoms with van der Waals surface area (Å²) in [5, 5.41) is 66.9. The SMILES string of the molecule is C[C@H]1O[C@@H](O[C@H]2[C@@H](O)C[C@H](O[C@H]3[C@@H](O)C[C@@H](O[C@H]4CC[C@@]5(C)[C@H](CC[C@@H]6[C@@H]5C[C@@H](O)[C@]5(C)[C@H](C7=CC(=O)OC7)CC[C@]65O)C4)O[C@@H]3C)O[C@@H]2C)C[C@H](O)[C@@H]1O. The van der Waals surface area contributed by atoms with Crippen LogP contribution in [0.4, 0.5) is 0 Å². The van der Waals surface area contributed by atoms with E-state index in [2.05, 4.69) is 6.92 Å². The average Bonchev–Trinajstić information content (AvgIpc) is 3.67. The van der Waals surface area contributed by atoms with E-state index < -0.39 is 90.9 Å². The summed E-state index contributed by atoms with van der Waals surface area (Å²) in [6, 6.07) is 0. The number of cyclic esters (lactones) is 1. The smallest absolute Gasteiger partial charge is 0.331 e. The fourth-order valence-corrected chi connectivity index (χ4v) is 12.8. The van der Waals surface area contributed by atoms with E-state index in [4.69, 9.17) is 33.2 Å². The predicted octanol–water partition coefficient (Wildman–Crippen LogP) is 2.22. The number of aliphatic hydroxyl groups excluding tert-OH is 5. The summed E-state index contributed by atoms with van der Waals surface area (Å²) in [6.45, 7) is 9.90. The third kappa shape index (κ3) is 6.95. The van der Waals surface area contributed by atoms with Gasteiger partial charge in [0.15, 0.2) is 18.9 Å². The summed E-state index contributed by atoms with van der Waals surface area (Å²) in [7, 11) is 0. The van der Waals surface area contributed by atoms with Crippen molar-refractivity contribution in [1.29, 1.82) is 0 Å². The van der Waals surface area contributed by atoms with Gasteiger partial charge in [-0.2, -0.15) is 0 Å². The highest BCUT2D eigenvalue weighted by atomic mass is 16.7. The molecule has 8 aliphatic rings. The van der Waals surface area contributed by atoms with Crippen LogP contribution < -0.4 is 0 Å². The minimum Gasteiger partial charge on any atom is -0.458 e. The van der Waals surface area contributed by atoms with E-state index in [-0.39, 0.29) is 61.1 Å². The molecule has 0 bridgehead atoms. The highest BCUT2D eigenvalue weighted by molar-refractivity contribution is 5.85. The number of fused-ring (bicyclic) bond motifs is 5. The first-order valence-electron chi connectivity index (χ1n) is 20.9. The molecule has 3 saturated heterocycles. The number of carbonyl (C=O) groups excluding carboxylic acids is 1. The standard InChI is InChI=1S/C41H64O14/c1-19-36(47)28(42)15-34(50-19)54-38-21(3)52-35(17-30(38)44)55-37-20(2)51-33(16-29(37)43)53-24-8-10-39(4)23(13-24)6-7-26-27(39)14-31(45)40(5)25(9-11-41(26,40)48)22-12-32(46)49-18-22/h12,19-21,23-31,33-38,42-45,47-48H,6-11,13-18H2,1-5H3/t19-,20-,21-,23-,24+,25+,26-,27+,28+,29+,30+,31-,33-,34+,35+,36-,37-,38-,39+,40+,41+/m1/s1. The molecular weight excluding hydrogens is 716 g/mol. The van der Waals surface area contributed by atoms with Gasteiger partial charge in [-0.1, -0.05) is 13.8 Å². The second-order valence-electron chi connectivity index (χ2n) is 18.8. The maximum atomic E-state index is 12.6. The van der Waals surface area contributed by atoms with Crippen LogP contribution in [0.1, 0.15) is 105 Å². The maximum Gasteiger partial charge on any atom is 0.331 e. The molecule has 0 aromatic heterocycles. The van der Waals surface area contributed by atoms with Crippen LogP contribution in [-0.4, -0.2) is 135 Å². The van der Waals surface area contributed by atoms with Gasteiger partial charge in [0.25, 0.3) is 0 Å². The van der Waals surface area contributed by atoms with Gasteiger partial charge in [0.1, 0.15) is 24.9 Å². The molecule has 0 aromatic rings. The second kappa shape index (κ2) is 15.1. The minimum atomic E-state index is -1.01. The predicted molar refractivity (Wildman–Crippen MR) is 193 cm³/mol. The number of carbonyl (C=O) groups is 1. The molecule has 14 heteroatoms. The Morgan fingerprint density at radius 3 is 1.87 bits per heavy atom. The largest absolute Gasteiger partial charge is 0.458 e. The molecule has 0 aromatic carbocycles. The van der Waals surface area contributed by atoms with Crippen molar-refractivity contribution in [2.24, 2.45) is 34.5 Å². The minimum absolute atomic E-state index is 0.0452. The fourth-order valence-electron chi connectivity index (χ4n) is 12.8. The molecule has 55 heavy (non-hydrogen) atoms. The zero-order valence-electron chi connectivity index (χ0n) is 32.9. The number of esters is 1. The number of rotatable bonds is 7. The molecule has 4 aliphatic heterocycles. The van der Waals surface area contributed by atoms with Crippen molar-refractivity contribution in [2.45, 2.75) is 197 Å². The highest BCUT2D eigenvalue weighted by Gasteiger charge is 2.71. The molecule has 4 heterocycles. The van der Waals surface area contributed by atoms with E-state index in [0.29, 0.717) is 18.8 Å².